The molecule has 0 saturated carbocycles. The van der Waals surface area contributed by atoms with Crippen LogP contribution in [0.5, 0.6) is 5.75 Å². The fourth-order valence-electron chi connectivity index (χ4n) is 3.04. The maximum absolute atomic E-state index is 12.5. The van der Waals surface area contributed by atoms with Gasteiger partial charge in [0.05, 0.1) is 18.0 Å². The van der Waals surface area contributed by atoms with Crippen molar-refractivity contribution in [3.63, 3.8) is 0 Å². The first kappa shape index (κ1) is 18.4. The number of methoxy groups -OCH3 is 1. The van der Waals surface area contributed by atoms with Crippen LogP contribution < -0.4 is 15.0 Å². The fourth-order valence-corrected chi connectivity index (χ4v) is 3.04. The van der Waals surface area contributed by atoms with Gasteiger partial charge in [-0.05, 0) is 25.1 Å². The molecule has 0 bridgehead atoms. The van der Waals surface area contributed by atoms with Gasteiger partial charge in [0.2, 0.25) is 11.8 Å². The van der Waals surface area contributed by atoms with E-state index in [9.17, 15) is 19.7 Å². The molecule has 1 aliphatic heterocycles. The summed E-state index contributed by atoms with van der Waals surface area (Å²) < 4.78 is 5.17. The molecule has 2 aromatic carbocycles. The van der Waals surface area contributed by atoms with Crippen molar-refractivity contribution in [3.05, 3.63) is 58.1 Å². The van der Waals surface area contributed by atoms with Gasteiger partial charge in [0, 0.05) is 42.0 Å². The van der Waals surface area contributed by atoms with Crippen LogP contribution in [-0.4, -0.2) is 30.4 Å². The SMILES string of the molecule is COc1cccc(N2C[C@H](C(=O)Nc3ccc(C)c([N+](=O)[O-])c3)CC2=O)c1. The van der Waals surface area contributed by atoms with Crippen LogP contribution in [0.25, 0.3) is 0 Å². The van der Waals surface area contributed by atoms with Gasteiger partial charge >= 0.3 is 0 Å². The number of nitrogens with one attached hydrogen (secondary N) is 1. The number of aryl methyl sites for hydroxylation is 1. The number of anilines is 2. The predicted octanol–water partition coefficient (Wildman–Crippen LogP) is 2.90. The third-order valence-electron chi connectivity index (χ3n) is 4.53. The molecule has 0 aliphatic carbocycles. The Kier molecular flexibility index (Phi) is 5.07. The molecule has 1 atom stereocenters. The summed E-state index contributed by atoms with van der Waals surface area (Å²) in [5.41, 5.74) is 1.46. The van der Waals surface area contributed by atoms with Gasteiger partial charge in [-0.3, -0.25) is 19.7 Å². The quantitative estimate of drug-likeness (QED) is 0.645. The van der Waals surface area contributed by atoms with Crippen LogP contribution >= 0.6 is 0 Å². The van der Waals surface area contributed by atoms with Gasteiger partial charge < -0.3 is 15.0 Å². The second-order valence-corrected chi connectivity index (χ2v) is 6.35. The van der Waals surface area contributed by atoms with E-state index in [0.29, 0.717) is 22.7 Å². The Bertz CT molecular complexity index is 912. The van der Waals surface area contributed by atoms with Crippen molar-refractivity contribution in [2.24, 2.45) is 5.92 Å². The van der Waals surface area contributed by atoms with E-state index in [0.717, 1.165) is 0 Å². The van der Waals surface area contributed by atoms with Gasteiger partial charge in [0.25, 0.3) is 5.69 Å². The Balaban J connectivity index is 1.72. The highest BCUT2D eigenvalue weighted by Gasteiger charge is 2.35. The van der Waals surface area contributed by atoms with Gasteiger partial charge in [0.1, 0.15) is 5.75 Å². The summed E-state index contributed by atoms with van der Waals surface area (Å²) in [6.07, 6.45) is 0.0804. The lowest BCUT2D eigenvalue weighted by Crippen LogP contribution is -2.28. The molecule has 1 N–H and O–H groups in total. The number of hydrogen-bond donors (Lipinski definition) is 1. The van der Waals surface area contributed by atoms with Gasteiger partial charge in [-0.2, -0.15) is 0 Å². The second kappa shape index (κ2) is 7.45. The van der Waals surface area contributed by atoms with E-state index in [-0.39, 0.29) is 30.5 Å². The minimum Gasteiger partial charge on any atom is -0.497 e. The molecule has 8 nitrogen and oxygen atoms in total. The lowest BCUT2D eigenvalue weighted by Gasteiger charge is -2.17. The highest BCUT2D eigenvalue weighted by Crippen LogP contribution is 2.29. The van der Waals surface area contributed by atoms with Crippen molar-refractivity contribution in [2.75, 3.05) is 23.9 Å². The summed E-state index contributed by atoms with van der Waals surface area (Å²) in [7, 11) is 1.54. The van der Waals surface area contributed by atoms with Crippen molar-refractivity contribution in [2.45, 2.75) is 13.3 Å². The molecule has 1 fully saturated rings. The Morgan fingerprint density at radius 3 is 2.78 bits per heavy atom. The van der Waals surface area contributed by atoms with E-state index in [1.54, 1.807) is 55.3 Å². The first-order valence-electron chi connectivity index (χ1n) is 8.39. The summed E-state index contributed by atoms with van der Waals surface area (Å²) in [6.45, 7) is 1.87. The van der Waals surface area contributed by atoms with E-state index in [2.05, 4.69) is 5.32 Å². The molecule has 0 spiro atoms. The zero-order chi connectivity index (χ0) is 19.6. The molecule has 1 saturated heterocycles. The molecule has 140 valence electrons. The molecule has 1 heterocycles. The number of carbonyl (C=O) groups is 2. The topological polar surface area (TPSA) is 102 Å². The summed E-state index contributed by atoms with van der Waals surface area (Å²) in [5.74, 6) is -0.408. The van der Waals surface area contributed by atoms with Crippen LogP contribution in [0, 0.1) is 23.0 Å². The van der Waals surface area contributed by atoms with Crippen molar-refractivity contribution in [1.82, 2.24) is 0 Å². The molecule has 0 unspecified atom stereocenters. The monoisotopic (exact) mass is 369 g/mol. The third kappa shape index (κ3) is 3.89. The molecule has 2 aromatic rings. The molecule has 27 heavy (non-hydrogen) atoms. The van der Waals surface area contributed by atoms with Crippen molar-refractivity contribution >= 4 is 28.9 Å². The van der Waals surface area contributed by atoms with Gasteiger partial charge in [-0.15, -0.1) is 0 Å². The molecule has 0 aromatic heterocycles. The first-order chi connectivity index (χ1) is 12.9. The average Bonchev–Trinajstić information content (AvgIpc) is 3.05. The standard InChI is InChI=1S/C19H19N3O5/c1-12-6-7-14(9-17(12)22(25)26)20-19(24)13-8-18(23)21(11-13)15-4-3-5-16(10-15)27-2/h3-7,9-10,13H,8,11H2,1-2H3,(H,20,24)/t13-/m1/s1. The van der Waals surface area contributed by atoms with Gasteiger partial charge in [-0.25, -0.2) is 0 Å². The van der Waals surface area contributed by atoms with Gasteiger partial charge in [0.15, 0.2) is 0 Å². The van der Waals surface area contributed by atoms with Crippen LogP contribution in [0.1, 0.15) is 12.0 Å². The Morgan fingerprint density at radius 1 is 1.30 bits per heavy atom. The Labute approximate surface area is 155 Å². The lowest BCUT2D eigenvalue weighted by molar-refractivity contribution is -0.385. The third-order valence-corrected chi connectivity index (χ3v) is 4.53. The highest BCUT2D eigenvalue weighted by atomic mass is 16.6. The number of carbonyl (C=O) groups excluding carboxylic acids is 2. The molecule has 0 radical (unpaired) electrons. The van der Waals surface area contributed by atoms with Crippen LogP contribution in [0.15, 0.2) is 42.5 Å². The molecule has 3 rings (SSSR count). The second-order valence-electron chi connectivity index (χ2n) is 6.35. The van der Waals surface area contributed by atoms with Crippen molar-refractivity contribution in [1.29, 1.82) is 0 Å². The molecule has 2 amide bonds. The van der Waals surface area contributed by atoms with Crippen LogP contribution in [0.3, 0.4) is 0 Å². The number of hydrogen-bond acceptors (Lipinski definition) is 5. The summed E-state index contributed by atoms with van der Waals surface area (Å²) in [4.78, 5) is 37.0. The number of benzene rings is 2. The number of rotatable bonds is 5. The first-order valence-corrected chi connectivity index (χ1v) is 8.39. The van der Waals surface area contributed by atoms with Crippen LogP contribution in [-0.2, 0) is 9.59 Å². The Morgan fingerprint density at radius 2 is 2.07 bits per heavy atom. The van der Waals surface area contributed by atoms with Crippen molar-refractivity contribution < 1.29 is 19.2 Å². The molecule has 8 heteroatoms. The zero-order valence-electron chi connectivity index (χ0n) is 15.0. The highest BCUT2D eigenvalue weighted by molar-refractivity contribution is 6.03. The molecule has 1 aliphatic rings. The van der Waals surface area contributed by atoms with E-state index in [1.165, 1.54) is 6.07 Å². The molecular formula is C19H19N3O5. The fraction of sp³-hybridized carbons (Fsp3) is 0.263. The normalized spacial score (nSPS) is 16.3. The summed E-state index contributed by atoms with van der Waals surface area (Å²) >= 11 is 0. The summed E-state index contributed by atoms with van der Waals surface area (Å²) in [5, 5.41) is 13.7. The molecular weight excluding hydrogens is 350 g/mol. The number of amides is 2. The van der Waals surface area contributed by atoms with Crippen molar-refractivity contribution in [3.8, 4) is 5.75 Å². The smallest absolute Gasteiger partial charge is 0.274 e. The minimum atomic E-state index is -0.538. The predicted molar refractivity (Wildman–Crippen MR) is 99.9 cm³/mol. The van der Waals surface area contributed by atoms with Gasteiger partial charge in [-0.1, -0.05) is 12.1 Å². The maximum atomic E-state index is 12.5. The average molecular weight is 369 g/mol. The minimum absolute atomic E-state index is 0.0618. The van der Waals surface area contributed by atoms with E-state index >= 15 is 0 Å². The van der Waals surface area contributed by atoms with E-state index in [4.69, 9.17) is 4.74 Å². The van der Waals surface area contributed by atoms with Crippen LogP contribution in [0.4, 0.5) is 17.1 Å². The lowest BCUT2D eigenvalue weighted by atomic mass is 10.1. The number of nitrogens with zero attached hydrogens (tertiary/aromatic N) is 2. The van der Waals surface area contributed by atoms with Crippen LogP contribution in [0.2, 0.25) is 0 Å². The summed E-state index contributed by atoms with van der Waals surface area (Å²) in [6, 6.07) is 11.6. The number of ether oxygens (including phenoxy) is 1. The van der Waals surface area contributed by atoms with E-state index in [1.807, 2.05) is 0 Å². The number of nitro benzene ring substituents is 1. The zero-order valence-corrected chi connectivity index (χ0v) is 15.0. The number of nitro groups is 1. The Hall–Kier alpha value is -3.42. The maximum Gasteiger partial charge on any atom is 0.274 e. The van der Waals surface area contributed by atoms with E-state index < -0.39 is 10.8 Å². The largest absolute Gasteiger partial charge is 0.497 e.